The smallest absolute Gasteiger partial charge is 0.274 e. The summed E-state index contributed by atoms with van der Waals surface area (Å²) >= 11 is 0. The van der Waals surface area contributed by atoms with Crippen LogP contribution in [0.1, 0.15) is 31.8 Å². The van der Waals surface area contributed by atoms with E-state index in [-0.39, 0.29) is 33.9 Å². The molecule has 0 aliphatic carbocycles. The van der Waals surface area contributed by atoms with Crippen molar-refractivity contribution in [1.29, 1.82) is 0 Å². The Morgan fingerprint density at radius 1 is 0.688 bits per heavy atom. The molecule has 0 bridgehead atoms. The molecule has 32 heavy (non-hydrogen) atoms. The lowest BCUT2D eigenvalue weighted by molar-refractivity contribution is -0.385. The molecule has 0 atom stereocenters. The Balaban J connectivity index is 1.78. The maximum absolute atomic E-state index is 12.6. The minimum Gasteiger partial charge on any atom is -0.322 e. The lowest BCUT2D eigenvalue weighted by Gasteiger charge is -2.09. The number of aryl methyl sites for hydroxylation is 2. The highest BCUT2D eigenvalue weighted by molar-refractivity contribution is 6.08. The van der Waals surface area contributed by atoms with Gasteiger partial charge in [-0.05, 0) is 44.2 Å². The maximum Gasteiger partial charge on any atom is 0.274 e. The number of carbonyl (C=O) groups is 2. The molecule has 0 aliphatic heterocycles. The van der Waals surface area contributed by atoms with E-state index in [0.717, 1.165) is 0 Å². The summed E-state index contributed by atoms with van der Waals surface area (Å²) in [5.41, 5.74) is 1.49. The van der Waals surface area contributed by atoms with Gasteiger partial charge in [-0.15, -0.1) is 0 Å². The number of rotatable bonds is 6. The Kier molecular flexibility index (Phi) is 6.24. The van der Waals surface area contributed by atoms with Crippen molar-refractivity contribution in [2.45, 2.75) is 13.8 Å². The second-order valence-electron chi connectivity index (χ2n) is 7.01. The summed E-state index contributed by atoms with van der Waals surface area (Å²) in [6.07, 6.45) is 0. The predicted molar refractivity (Wildman–Crippen MR) is 118 cm³/mol. The SMILES string of the molecule is Cc1ccc(NC(=O)c2cccc(C(=O)Nc3ccc(C)c([N+](=O)[O-])c3)c2)cc1[N+](=O)[O-]. The van der Waals surface area contributed by atoms with Crippen molar-refractivity contribution in [1.82, 2.24) is 0 Å². The number of nitro benzene ring substituents is 2. The topological polar surface area (TPSA) is 144 Å². The van der Waals surface area contributed by atoms with Gasteiger partial charge in [-0.1, -0.05) is 18.2 Å². The molecule has 0 saturated carbocycles. The molecule has 3 aromatic rings. The summed E-state index contributed by atoms with van der Waals surface area (Å²) < 4.78 is 0. The average molecular weight is 434 g/mol. The first-order chi connectivity index (χ1) is 15.2. The number of nitro groups is 2. The Labute approximate surface area is 182 Å². The first-order valence-electron chi connectivity index (χ1n) is 9.38. The third-order valence-electron chi connectivity index (χ3n) is 4.71. The van der Waals surface area contributed by atoms with E-state index in [4.69, 9.17) is 0 Å². The minimum atomic E-state index is -0.552. The fourth-order valence-corrected chi connectivity index (χ4v) is 2.98. The van der Waals surface area contributed by atoms with Crippen molar-refractivity contribution in [3.05, 3.63) is 103 Å². The van der Waals surface area contributed by atoms with Gasteiger partial charge in [0.25, 0.3) is 23.2 Å². The van der Waals surface area contributed by atoms with Crippen molar-refractivity contribution in [3.8, 4) is 0 Å². The van der Waals surface area contributed by atoms with E-state index >= 15 is 0 Å². The summed E-state index contributed by atoms with van der Waals surface area (Å²) in [5, 5.41) is 27.3. The van der Waals surface area contributed by atoms with Crippen molar-refractivity contribution < 1.29 is 19.4 Å². The Hall–Kier alpha value is -4.60. The highest BCUT2D eigenvalue weighted by Gasteiger charge is 2.16. The van der Waals surface area contributed by atoms with Crippen LogP contribution < -0.4 is 10.6 Å². The molecule has 0 fully saturated rings. The van der Waals surface area contributed by atoms with Crippen LogP contribution in [0.25, 0.3) is 0 Å². The van der Waals surface area contributed by atoms with E-state index in [1.807, 2.05) is 0 Å². The van der Waals surface area contributed by atoms with Crippen LogP contribution in [0.2, 0.25) is 0 Å². The molecule has 0 unspecified atom stereocenters. The van der Waals surface area contributed by atoms with Gasteiger partial charge in [0.1, 0.15) is 0 Å². The van der Waals surface area contributed by atoms with Crippen LogP contribution in [0.3, 0.4) is 0 Å². The molecule has 10 heteroatoms. The Morgan fingerprint density at radius 3 is 1.47 bits per heavy atom. The third-order valence-corrected chi connectivity index (χ3v) is 4.71. The second-order valence-corrected chi connectivity index (χ2v) is 7.01. The second kappa shape index (κ2) is 9.04. The van der Waals surface area contributed by atoms with Crippen LogP contribution in [0, 0.1) is 34.1 Å². The molecular formula is C22H18N4O6. The van der Waals surface area contributed by atoms with E-state index < -0.39 is 21.7 Å². The number of carbonyl (C=O) groups excluding carboxylic acids is 2. The lowest BCUT2D eigenvalue weighted by atomic mass is 10.1. The molecule has 0 radical (unpaired) electrons. The van der Waals surface area contributed by atoms with Crippen LogP contribution in [-0.4, -0.2) is 21.7 Å². The molecule has 10 nitrogen and oxygen atoms in total. The van der Waals surface area contributed by atoms with Gasteiger partial charge in [0.15, 0.2) is 0 Å². The summed E-state index contributed by atoms with van der Waals surface area (Å²) in [5.74, 6) is -1.10. The lowest BCUT2D eigenvalue weighted by Crippen LogP contribution is -2.15. The molecule has 0 saturated heterocycles. The van der Waals surface area contributed by atoms with E-state index in [0.29, 0.717) is 11.1 Å². The molecule has 2 amide bonds. The zero-order valence-electron chi connectivity index (χ0n) is 17.1. The molecule has 0 heterocycles. The molecule has 162 valence electrons. The van der Waals surface area contributed by atoms with Crippen LogP contribution in [-0.2, 0) is 0 Å². The zero-order valence-corrected chi connectivity index (χ0v) is 17.1. The molecule has 0 aliphatic rings. The molecule has 0 aromatic heterocycles. The highest BCUT2D eigenvalue weighted by atomic mass is 16.6. The average Bonchev–Trinajstić information content (AvgIpc) is 2.76. The van der Waals surface area contributed by atoms with Gasteiger partial charge in [0.2, 0.25) is 0 Å². The van der Waals surface area contributed by atoms with Gasteiger partial charge < -0.3 is 10.6 Å². The maximum atomic E-state index is 12.6. The number of nitrogens with zero attached hydrogens (tertiary/aromatic N) is 2. The molecule has 3 aromatic carbocycles. The summed E-state index contributed by atoms with van der Waals surface area (Å²) in [6.45, 7) is 3.18. The van der Waals surface area contributed by atoms with Gasteiger partial charge in [-0.2, -0.15) is 0 Å². The van der Waals surface area contributed by atoms with Gasteiger partial charge in [0.05, 0.1) is 9.85 Å². The Morgan fingerprint density at radius 2 is 1.09 bits per heavy atom. The minimum absolute atomic E-state index is 0.122. The molecule has 3 rings (SSSR count). The van der Waals surface area contributed by atoms with E-state index in [9.17, 15) is 29.8 Å². The van der Waals surface area contributed by atoms with Crippen molar-refractivity contribution in [3.63, 3.8) is 0 Å². The number of anilines is 2. The third kappa shape index (κ3) is 4.93. The highest BCUT2D eigenvalue weighted by Crippen LogP contribution is 2.24. The largest absolute Gasteiger partial charge is 0.322 e. The number of nitrogens with one attached hydrogen (secondary N) is 2. The van der Waals surface area contributed by atoms with Crippen LogP contribution in [0.15, 0.2) is 60.7 Å². The van der Waals surface area contributed by atoms with Gasteiger partial charge in [-0.25, -0.2) is 0 Å². The molecule has 0 spiro atoms. The number of benzene rings is 3. The Bertz CT molecular complexity index is 1160. The molecule has 2 N–H and O–H groups in total. The van der Waals surface area contributed by atoms with Gasteiger partial charge >= 0.3 is 0 Å². The quantitative estimate of drug-likeness (QED) is 0.428. The first kappa shape index (κ1) is 22.1. The van der Waals surface area contributed by atoms with E-state index in [1.165, 1.54) is 48.5 Å². The summed E-state index contributed by atoms with van der Waals surface area (Å²) in [6, 6.07) is 14.5. The van der Waals surface area contributed by atoms with Crippen molar-refractivity contribution in [2.75, 3.05) is 10.6 Å². The van der Waals surface area contributed by atoms with Crippen molar-refractivity contribution in [2.24, 2.45) is 0 Å². The van der Waals surface area contributed by atoms with Crippen LogP contribution in [0.5, 0.6) is 0 Å². The number of amides is 2. The molecular weight excluding hydrogens is 416 g/mol. The van der Waals surface area contributed by atoms with Crippen molar-refractivity contribution >= 4 is 34.6 Å². The fraction of sp³-hybridized carbons (Fsp3) is 0.0909. The van der Waals surface area contributed by atoms with Gasteiger partial charge in [0, 0.05) is 45.8 Å². The van der Waals surface area contributed by atoms with E-state index in [1.54, 1.807) is 26.0 Å². The van der Waals surface area contributed by atoms with Crippen LogP contribution in [0.4, 0.5) is 22.7 Å². The first-order valence-corrected chi connectivity index (χ1v) is 9.38. The van der Waals surface area contributed by atoms with Gasteiger partial charge in [-0.3, -0.25) is 29.8 Å². The zero-order chi connectivity index (χ0) is 23.4. The summed E-state index contributed by atoms with van der Waals surface area (Å²) in [7, 11) is 0. The predicted octanol–water partition coefficient (Wildman–Crippen LogP) is 4.62. The normalized spacial score (nSPS) is 10.3. The fourth-order valence-electron chi connectivity index (χ4n) is 2.98. The number of hydrogen-bond donors (Lipinski definition) is 2. The standard InChI is InChI=1S/C22H18N4O6/c1-13-6-8-17(11-19(13)25(29)30)23-21(27)15-4-3-5-16(10-15)22(28)24-18-9-7-14(2)20(12-18)26(31)32/h3-12H,1-2H3,(H,23,27)(H,24,28). The number of hydrogen-bond acceptors (Lipinski definition) is 6. The summed E-state index contributed by atoms with van der Waals surface area (Å²) in [4.78, 5) is 46.3. The van der Waals surface area contributed by atoms with E-state index in [2.05, 4.69) is 10.6 Å². The van der Waals surface area contributed by atoms with Crippen LogP contribution >= 0.6 is 0 Å². The monoisotopic (exact) mass is 434 g/mol.